The lowest BCUT2D eigenvalue weighted by Gasteiger charge is -2.23. The van der Waals surface area contributed by atoms with Crippen LogP contribution in [0.5, 0.6) is 0 Å². The van der Waals surface area contributed by atoms with Crippen molar-refractivity contribution in [2.24, 2.45) is 5.92 Å². The lowest BCUT2D eigenvalue weighted by molar-refractivity contribution is -0.120. The number of anilines is 1. The molecule has 2 N–H and O–H groups in total. The predicted octanol–water partition coefficient (Wildman–Crippen LogP) is 1.65. The quantitative estimate of drug-likeness (QED) is 0.787. The third-order valence-corrected chi connectivity index (χ3v) is 3.12. The van der Waals surface area contributed by atoms with E-state index in [0.29, 0.717) is 13.1 Å². The van der Waals surface area contributed by atoms with Crippen LogP contribution in [0.25, 0.3) is 0 Å². The van der Waals surface area contributed by atoms with Gasteiger partial charge < -0.3 is 15.3 Å². The highest BCUT2D eigenvalue weighted by molar-refractivity contribution is 5.81. The number of para-hydroxylation sites is 1. The Morgan fingerprint density at radius 2 is 1.95 bits per heavy atom. The molecule has 0 bridgehead atoms. The summed E-state index contributed by atoms with van der Waals surface area (Å²) < 4.78 is 0. The lowest BCUT2D eigenvalue weighted by atomic mass is 10.1. The van der Waals surface area contributed by atoms with Gasteiger partial charge in [-0.05, 0) is 25.0 Å². The fourth-order valence-electron chi connectivity index (χ4n) is 1.71. The Balaban J connectivity index is 2.46. The highest BCUT2D eigenvalue weighted by Crippen LogP contribution is 2.12. The van der Waals surface area contributed by atoms with Crippen molar-refractivity contribution in [3.63, 3.8) is 0 Å². The van der Waals surface area contributed by atoms with E-state index in [1.165, 1.54) is 0 Å². The van der Waals surface area contributed by atoms with E-state index in [1.54, 1.807) is 0 Å². The van der Waals surface area contributed by atoms with Gasteiger partial charge in [-0.25, -0.2) is 0 Å². The van der Waals surface area contributed by atoms with Crippen LogP contribution in [0.15, 0.2) is 30.3 Å². The number of hydrogen-bond acceptors (Lipinski definition) is 3. The predicted molar refractivity (Wildman–Crippen MR) is 78.2 cm³/mol. The van der Waals surface area contributed by atoms with Gasteiger partial charge >= 0.3 is 0 Å². The van der Waals surface area contributed by atoms with Gasteiger partial charge in [0.1, 0.15) is 0 Å². The molecule has 0 aromatic heterocycles. The molecular formula is C15H24N2O2. The van der Waals surface area contributed by atoms with E-state index in [1.807, 2.05) is 56.0 Å². The van der Waals surface area contributed by atoms with Crippen molar-refractivity contribution in [2.45, 2.75) is 26.9 Å². The van der Waals surface area contributed by atoms with Crippen molar-refractivity contribution < 1.29 is 9.90 Å². The first-order chi connectivity index (χ1) is 9.04. The zero-order valence-electron chi connectivity index (χ0n) is 12.0. The van der Waals surface area contributed by atoms with Gasteiger partial charge in [-0.2, -0.15) is 0 Å². The molecule has 0 saturated carbocycles. The summed E-state index contributed by atoms with van der Waals surface area (Å²) in [5.74, 6) is 0.0853. The highest BCUT2D eigenvalue weighted by atomic mass is 16.3. The first-order valence-electron chi connectivity index (χ1n) is 6.79. The molecule has 0 aliphatic heterocycles. The molecule has 1 unspecified atom stereocenters. The van der Waals surface area contributed by atoms with Gasteiger partial charge in [0.25, 0.3) is 0 Å². The second-order valence-electron chi connectivity index (χ2n) is 4.97. The minimum atomic E-state index is -0.490. The van der Waals surface area contributed by atoms with Crippen LogP contribution in [0.3, 0.4) is 0 Å². The molecular weight excluding hydrogens is 240 g/mol. The standard InChI is InChI=1S/C15H24N2O2/c1-4-17(13-8-6-5-7-9-13)11-15(19)16-10-14(18)12(2)3/h5-9,12,14,18H,4,10-11H2,1-3H3,(H,16,19). The van der Waals surface area contributed by atoms with E-state index in [4.69, 9.17) is 0 Å². The molecule has 0 radical (unpaired) electrons. The average Bonchev–Trinajstić information content (AvgIpc) is 2.42. The Morgan fingerprint density at radius 3 is 2.47 bits per heavy atom. The summed E-state index contributed by atoms with van der Waals surface area (Å²) in [7, 11) is 0. The first kappa shape index (κ1) is 15.5. The van der Waals surface area contributed by atoms with Crippen molar-refractivity contribution in [1.82, 2.24) is 5.32 Å². The Hall–Kier alpha value is -1.55. The second-order valence-corrected chi connectivity index (χ2v) is 4.97. The number of benzene rings is 1. The molecule has 0 saturated heterocycles. The van der Waals surface area contributed by atoms with Gasteiger partial charge in [0, 0.05) is 18.8 Å². The fraction of sp³-hybridized carbons (Fsp3) is 0.533. The molecule has 0 fully saturated rings. The minimum absolute atomic E-state index is 0.0644. The van der Waals surface area contributed by atoms with Crippen LogP contribution in [0.1, 0.15) is 20.8 Å². The molecule has 1 aromatic rings. The van der Waals surface area contributed by atoms with Crippen molar-refractivity contribution in [2.75, 3.05) is 24.5 Å². The van der Waals surface area contributed by atoms with Gasteiger partial charge in [-0.1, -0.05) is 32.0 Å². The van der Waals surface area contributed by atoms with Gasteiger partial charge in [-0.15, -0.1) is 0 Å². The van der Waals surface area contributed by atoms with E-state index in [9.17, 15) is 9.90 Å². The van der Waals surface area contributed by atoms with E-state index in [-0.39, 0.29) is 11.8 Å². The molecule has 1 aromatic carbocycles. The molecule has 4 nitrogen and oxygen atoms in total. The SMILES string of the molecule is CCN(CC(=O)NCC(O)C(C)C)c1ccccc1. The molecule has 1 amide bonds. The largest absolute Gasteiger partial charge is 0.391 e. The molecule has 0 aliphatic carbocycles. The highest BCUT2D eigenvalue weighted by Gasteiger charge is 2.13. The number of carbonyl (C=O) groups excluding carboxylic acids is 1. The number of carbonyl (C=O) groups is 1. The number of likely N-dealkylation sites (N-methyl/N-ethyl adjacent to an activating group) is 1. The second kappa shape index (κ2) is 7.79. The van der Waals surface area contributed by atoms with Crippen LogP contribution in [-0.2, 0) is 4.79 Å². The zero-order chi connectivity index (χ0) is 14.3. The summed E-state index contributed by atoms with van der Waals surface area (Å²) in [6.07, 6.45) is -0.490. The maximum absolute atomic E-state index is 11.8. The van der Waals surface area contributed by atoms with E-state index in [0.717, 1.165) is 12.2 Å². The third-order valence-electron chi connectivity index (χ3n) is 3.12. The summed E-state index contributed by atoms with van der Waals surface area (Å²) >= 11 is 0. The summed E-state index contributed by atoms with van der Waals surface area (Å²) in [4.78, 5) is 13.8. The monoisotopic (exact) mass is 264 g/mol. The van der Waals surface area contributed by atoms with Crippen LogP contribution in [0, 0.1) is 5.92 Å². The van der Waals surface area contributed by atoms with Gasteiger partial charge in [0.05, 0.1) is 12.6 Å². The Labute approximate surface area is 115 Å². The number of amides is 1. The molecule has 106 valence electrons. The molecule has 19 heavy (non-hydrogen) atoms. The van der Waals surface area contributed by atoms with Crippen molar-refractivity contribution in [3.8, 4) is 0 Å². The van der Waals surface area contributed by atoms with Crippen molar-refractivity contribution >= 4 is 11.6 Å². The summed E-state index contributed by atoms with van der Waals surface area (Å²) in [5, 5.41) is 12.4. The summed E-state index contributed by atoms with van der Waals surface area (Å²) in [6, 6.07) is 9.84. The average molecular weight is 264 g/mol. The molecule has 0 heterocycles. The first-order valence-corrected chi connectivity index (χ1v) is 6.79. The number of rotatable bonds is 7. The molecule has 0 spiro atoms. The van der Waals surface area contributed by atoms with Crippen molar-refractivity contribution in [3.05, 3.63) is 30.3 Å². The third kappa shape index (κ3) is 5.30. The smallest absolute Gasteiger partial charge is 0.239 e. The Kier molecular flexibility index (Phi) is 6.36. The van der Waals surface area contributed by atoms with Crippen molar-refractivity contribution in [1.29, 1.82) is 0 Å². The molecule has 1 atom stereocenters. The Bertz CT molecular complexity index is 379. The van der Waals surface area contributed by atoms with E-state index >= 15 is 0 Å². The minimum Gasteiger partial charge on any atom is -0.391 e. The number of hydrogen-bond donors (Lipinski definition) is 2. The Morgan fingerprint density at radius 1 is 1.32 bits per heavy atom. The van der Waals surface area contributed by atoms with Crippen LogP contribution >= 0.6 is 0 Å². The van der Waals surface area contributed by atoms with Gasteiger partial charge in [-0.3, -0.25) is 4.79 Å². The number of nitrogens with zero attached hydrogens (tertiary/aromatic N) is 1. The van der Waals surface area contributed by atoms with E-state index < -0.39 is 6.10 Å². The maximum atomic E-state index is 11.8. The summed E-state index contributed by atoms with van der Waals surface area (Å²) in [5.41, 5.74) is 1.03. The number of aliphatic hydroxyl groups is 1. The van der Waals surface area contributed by atoms with Gasteiger partial charge in [0.2, 0.25) is 5.91 Å². The van der Waals surface area contributed by atoms with Crippen LogP contribution in [0.2, 0.25) is 0 Å². The topological polar surface area (TPSA) is 52.6 Å². The van der Waals surface area contributed by atoms with Crippen LogP contribution in [-0.4, -0.2) is 36.8 Å². The van der Waals surface area contributed by atoms with E-state index in [2.05, 4.69) is 5.32 Å². The molecule has 0 aliphatic rings. The van der Waals surface area contributed by atoms with Gasteiger partial charge in [0.15, 0.2) is 0 Å². The number of nitrogens with one attached hydrogen (secondary N) is 1. The maximum Gasteiger partial charge on any atom is 0.239 e. The normalized spacial score (nSPS) is 12.3. The zero-order valence-corrected chi connectivity index (χ0v) is 12.0. The van der Waals surface area contributed by atoms with Crippen LogP contribution < -0.4 is 10.2 Å². The number of aliphatic hydroxyl groups excluding tert-OH is 1. The fourth-order valence-corrected chi connectivity index (χ4v) is 1.71. The lowest BCUT2D eigenvalue weighted by Crippen LogP contribution is -2.41. The molecule has 4 heteroatoms. The summed E-state index contributed by atoms with van der Waals surface area (Å²) in [6.45, 7) is 7.26. The van der Waals surface area contributed by atoms with Crippen LogP contribution in [0.4, 0.5) is 5.69 Å². The molecule has 1 rings (SSSR count).